The molecule has 0 bridgehead atoms. The molecular formula is C11H18N4O2S. The molecule has 0 saturated carbocycles. The minimum atomic E-state index is -0.299. The summed E-state index contributed by atoms with van der Waals surface area (Å²) in [6.45, 7) is 3.25. The molecule has 0 aromatic carbocycles. The zero-order valence-corrected chi connectivity index (χ0v) is 11.4. The van der Waals surface area contributed by atoms with Crippen molar-refractivity contribution in [1.82, 2.24) is 20.1 Å². The third-order valence-electron chi connectivity index (χ3n) is 3.27. The van der Waals surface area contributed by atoms with Gasteiger partial charge in [0.05, 0.1) is 0 Å². The number of hydrogen-bond acceptors (Lipinski definition) is 4. The van der Waals surface area contributed by atoms with E-state index in [9.17, 15) is 4.79 Å². The van der Waals surface area contributed by atoms with Crippen LogP contribution in [0.15, 0.2) is 0 Å². The van der Waals surface area contributed by atoms with E-state index in [2.05, 4.69) is 15.5 Å². The van der Waals surface area contributed by atoms with Gasteiger partial charge in [-0.15, -0.1) is 0 Å². The highest BCUT2D eigenvalue weighted by Crippen LogP contribution is 2.19. The molecule has 100 valence electrons. The van der Waals surface area contributed by atoms with Crippen molar-refractivity contribution in [2.24, 2.45) is 13.0 Å². The summed E-state index contributed by atoms with van der Waals surface area (Å²) < 4.78 is 7.79. The Kier molecular flexibility index (Phi) is 4.13. The van der Waals surface area contributed by atoms with E-state index in [1.807, 2.05) is 14.0 Å². The topological polar surface area (TPSA) is 71.9 Å². The van der Waals surface area contributed by atoms with Crippen molar-refractivity contribution in [3.05, 3.63) is 10.6 Å². The standard InChI is InChI=1S/C11H18N4O2S/c1-7-4-6-17-9(7)10(16)12-5-3-8-13-14-11(18)15(8)2/h7,9H,3-6H2,1-2H3,(H,12,16)(H,14,18)/t7-,9-/m0/s1. The Balaban J connectivity index is 1.80. The second-order valence-corrected chi connectivity index (χ2v) is 4.99. The first-order chi connectivity index (χ1) is 8.59. The number of nitrogens with zero attached hydrogens (tertiary/aromatic N) is 2. The van der Waals surface area contributed by atoms with Crippen molar-refractivity contribution in [3.63, 3.8) is 0 Å². The molecule has 0 aliphatic carbocycles. The Morgan fingerprint density at radius 2 is 2.50 bits per heavy atom. The summed E-state index contributed by atoms with van der Waals surface area (Å²) in [6, 6.07) is 0. The Labute approximate surface area is 111 Å². The van der Waals surface area contributed by atoms with Crippen molar-refractivity contribution in [2.45, 2.75) is 25.9 Å². The molecule has 1 aliphatic heterocycles. The molecule has 1 aromatic rings. The predicted molar refractivity (Wildman–Crippen MR) is 68.6 cm³/mol. The van der Waals surface area contributed by atoms with E-state index in [0.29, 0.717) is 30.3 Å². The second-order valence-electron chi connectivity index (χ2n) is 4.60. The molecule has 1 aliphatic rings. The molecule has 2 N–H and O–H groups in total. The van der Waals surface area contributed by atoms with Crippen LogP contribution in [0.5, 0.6) is 0 Å². The van der Waals surface area contributed by atoms with E-state index in [4.69, 9.17) is 17.0 Å². The Bertz CT molecular complexity index is 482. The van der Waals surface area contributed by atoms with Gasteiger partial charge in [-0.25, -0.2) is 0 Å². The molecular weight excluding hydrogens is 252 g/mol. The molecule has 18 heavy (non-hydrogen) atoms. The highest BCUT2D eigenvalue weighted by molar-refractivity contribution is 7.71. The van der Waals surface area contributed by atoms with Crippen LogP contribution >= 0.6 is 12.2 Å². The van der Waals surface area contributed by atoms with Gasteiger partial charge < -0.3 is 14.6 Å². The summed E-state index contributed by atoms with van der Waals surface area (Å²) in [5, 5.41) is 9.68. The third-order valence-corrected chi connectivity index (χ3v) is 3.63. The summed E-state index contributed by atoms with van der Waals surface area (Å²) in [6.07, 6.45) is 1.30. The van der Waals surface area contributed by atoms with Gasteiger partial charge in [-0.3, -0.25) is 9.89 Å². The SMILES string of the molecule is C[C@H]1CCO[C@@H]1C(=O)NCCc1n[nH]c(=S)n1C. The highest BCUT2D eigenvalue weighted by Gasteiger charge is 2.30. The molecule has 2 rings (SSSR count). The maximum atomic E-state index is 11.8. The molecule has 1 amide bonds. The molecule has 7 heteroatoms. The number of hydrogen-bond donors (Lipinski definition) is 2. The first kappa shape index (κ1) is 13.2. The van der Waals surface area contributed by atoms with Crippen molar-refractivity contribution in [3.8, 4) is 0 Å². The number of ether oxygens (including phenoxy) is 1. The van der Waals surface area contributed by atoms with Crippen molar-refractivity contribution in [1.29, 1.82) is 0 Å². The van der Waals surface area contributed by atoms with Gasteiger partial charge in [0, 0.05) is 26.6 Å². The Hall–Kier alpha value is -1.21. The first-order valence-electron chi connectivity index (χ1n) is 6.09. The van der Waals surface area contributed by atoms with E-state index >= 15 is 0 Å². The zero-order chi connectivity index (χ0) is 13.1. The van der Waals surface area contributed by atoms with Crippen LogP contribution in [0.2, 0.25) is 0 Å². The third kappa shape index (κ3) is 2.78. The van der Waals surface area contributed by atoms with Crippen molar-refractivity contribution >= 4 is 18.1 Å². The average Bonchev–Trinajstić information content (AvgIpc) is 2.89. The maximum absolute atomic E-state index is 11.8. The molecule has 0 spiro atoms. The molecule has 2 heterocycles. The van der Waals surface area contributed by atoms with Gasteiger partial charge in [0.15, 0.2) is 4.77 Å². The van der Waals surface area contributed by atoms with Crippen LogP contribution in [0, 0.1) is 10.7 Å². The first-order valence-corrected chi connectivity index (χ1v) is 6.50. The minimum absolute atomic E-state index is 0.0308. The van der Waals surface area contributed by atoms with E-state index in [1.54, 1.807) is 4.57 Å². The van der Waals surface area contributed by atoms with Gasteiger partial charge in [0.25, 0.3) is 0 Å². The van der Waals surface area contributed by atoms with E-state index in [0.717, 1.165) is 12.2 Å². The lowest BCUT2D eigenvalue weighted by Gasteiger charge is -2.14. The van der Waals surface area contributed by atoms with Crippen molar-refractivity contribution < 1.29 is 9.53 Å². The molecule has 0 radical (unpaired) electrons. The largest absolute Gasteiger partial charge is 0.368 e. The maximum Gasteiger partial charge on any atom is 0.249 e. The summed E-state index contributed by atoms with van der Waals surface area (Å²) in [5.74, 6) is 1.10. The fraction of sp³-hybridized carbons (Fsp3) is 0.727. The molecule has 1 aromatic heterocycles. The molecule has 6 nitrogen and oxygen atoms in total. The molecule has 1 saturated heterocycles. The number of aromatic nitrogens is 3. The fourth-order valence-electron chi connectivity index (χ4n) is 2.03. The number of carbonyl (C=O) groups excluding carboxylic acids is 1. The van der Waals surface area contributed by atoms with Gasteiger partial charge in [-0.2, -0.15) is 5.10 Å². The van der Waals surface area contributed by atoms with Gasteiger partial charge in [0.1, 0.15) is 11.9 Å². The normalized spacial score (nSPS) is 23.2. The second kappa shape index (κ2) is 5.62. The van der Waals surface area contributed by atoms with Crippen LogP contribution < -0.4 is 5.32 Å². The van der Waals surface area contributed by atoms with Crippen molar-refractivity contribution in [2.75, 3.05) is 13.2 Å². The smallest absolute Gasteiger partial charge is 0.249 e. The predicted octanol–water partition coefficient (Wildman–Crippen LogP) is 0.561. The van der Waals surface area contributed by atoms with Gasteiger partial charge >= 0.3 is 0 Å². The lowest BCUT2D eigenvalue weighted by molar-refractivity contribution is -0.131. The zero-order valence-electron chi connectivity index (χ0n) is 10.6. The van der Waals surface area contributed by atoms with Gasteiger partial charge in [0.2, 0.25) is 5.91 Å². The van der Waals surface area contributed by atoms with E-state index in [1.165, 1.54) is 0 Å². The number of amides is 1. The van der Waals surface area contributed by atoms with Gasteiger partial charge in [-0.05, 0) is 24.6 Å². The van der Waals surface area contributed by atoms with Crippen LogP contribution in [-0.4, -0.2) is 39.9 Å². The monoisotopic (exact) mass is 270 g/mol. The lowest BCUT2D eigenvalue weighted by Crippen LogP contribution is -2.38. The fourth-order valence-corrected chi connectivity index (χ4v) is 2.18. The number of nitrogens with one attached hydrogen (secondary N) is 2. The Morgan fingerprint density at radius 3 is 3.06 bits per heavy atom. The average molecular weight is 270 g/mol. The quantitative estimate of drug-likeness (QED) is 0.784. The summed E-state index contributed by atoms with van der Waals surface area (Å²) in [4.78, 5) is 11.8. The summed E-state index contributed by atoms with van der Waals surface area (Å²) in [5.41, 5.74) is 0. The van der Waals surface area contributed by atoms with Crippen LogP contribution in [0.25, 0.3) is 0 Å². The van der Waals surface area contributed by atoms with Crippen LogP contribution in [0.4, 0.5) is 0 Å². The number of rotatable bonds is 4. The number of H-pyrrole nitrogens is 1. The molecule has 0 unspecified atom stereocenters. The van der Waals surface area contributed by atoms with E-state index in [-0.39, 0.29) is 12.0 Å². The molecule has 2 atom stereocenters. The lowest BCUT2D eigenvalue weighted by atomic mass is 10.0. The number of carbonyl (C=O) groups is 1. The molecule has 1 fully saturated rings. The highest BCUT2D eigenvalue weighted by atomic mass is 32.1. The Morgan fingerprint density at radius 1 is 1.72 bits per heavy atom. The van der Waals surface area contributed by atoms with Crippen LogP contribution in [0.3, 0.4) is 0 Å². The summed E-state index contributed by atoms with van der Waals surface area (Å²) in [7, 11) is 1.85. The van der Waals surface area contributed by atoms with Crippen LogP contribution in [0.1, 0.15) is 19.2 Å². The minimum Gasteiger partial charge on any atom is -0.368 e. The van der Waals surface area contributed by atoms with E-state index < -0.39 is 0 Å². The summed E-state index contributed by atoms with van der Waals surface area (Å²) >= 11 is 5.02. The number of aromatic amines is 1. The van der Waals surface area contributed by atoms with Gasteiger partial charge in [-0.1, -0.05) is 6.92 Å². The van der Waals surface area contributed by atoms with Crippen LogP contribution in [-0.2, 0) is 23.0 Å².